The summed E-state index contributed by atoms with van der Waals surface area (Å²) in [6.07, 6.45) is 0.762. The molecule has 0 aliphatic rings. The number of nitrogens with zero attached hydrogens (tertiary/aromatic N) is 1. The Morgan fingerprint density at radius 1 is 1.25 bits per heavy atom. The van der Waals surface area contributed by atoms with E-state index in [1.165, 1.54) is 4.88 Å². The molecule has 0 fully saturated rings. The molecule has 3 aromatic rings. The molecule has 1 aromatic carbocycles. The lowest BCUT2D eigenvalue weighted by atomic mass is 10.2. The average Bonchev–Trinajstić information content (AvgIpc) is 3.19. The zero-order valence-electron chi connectivity index (χ0n) is 12.8. The number of carbonyl (C=O) groups excluding carboxylic acids is 1. The molecule has 0 atom stereocenters. The summed E-state index contributed by atoms with van der Waals surface area (Å²) >= 11 is 15.3. The predicted molar refractivity (Wildman–Crippen MR) is 103 cm³/mol. The van der Waals surface area contributed by atoms with Crippen molar-refractivity contribution < 1.29 is 4.79 Å². The van der Waals surface area contributed by atoms with E-state index < -0.39 is 0 Å². The molecule has 0 unspecified atom stereocenters. The van der Waals surface area contributed by atoms with Crippen LogP contribution in [0.15, 0.2) is 35.7 Å². The van der Waals surface area contributed by atoms with Gasteiger partial charge in [0.15, 0.2) is 0 Å². The van der Waals surface area contributed by atoms with Crippen LogP contribution < -0.4 is 5.32 Å². The van der Waals surface area contributed by atoms with Gasteiger partial charge in [0.05, 0.1) is 31.2 Å². The molecule has 1 amide bonds. The second kappa shape index (κ2) is 7.66. The maximum Gasteiger partial charge on any atom is 0.252 e. The van der Waals surface area contributed by atoms with Gasteiger partial charge in [0, 0.05) is 16.8 Å². The van der Waals surface area contributed by atoms with E-state index in [2.05, 4.69) is 27.8 Å². The summed E-state index contributed by atoms with van der Waals surface area (Å²) in [7, 11) is 0. The molecular weight excluding hydrogens is 383 g/mol. The van der Waals surface area contributed by atoms with Gasteiger partial charge in [-0.15, -0.1) is 22.7 Å². The summed E-state index contributed by atoms with van der Waals surface area (Å²) in [6, 6.07) is 9.19. The first-order chi connectivity index (χ1) is 11.5. The normalized spacial score (nSPS) is 10.8. The Morgan fingerprint density at radius 3 is 2.83 bits per heavy atom. The van der Waals surface area contributed by atoms with Gasteiger partial charge < -0.3 is 5.32 Å². The van der Waals surface area contributed by atoms with Gasteiger partial charge in [0.2, 0.25) is 0 Å². The Balaban J connectivity index is 1.58. The Morgan fingerprint density at radius 2 is 2.08 bits per heavy atom. The Kier molecular flexibility index (Phi) is 5.56. The molecule has 24 heavy (non-hydrogen) atoms. The highest BCUT2D eigenvalue weighted by Gasteiger charge is 2.12. The quantitative estimate of drug-likeness (QED) is 0.621. The fourth-order valence-corrected chi connectivity index (χ4v) is 4.24. The predicted octanol–water partition coefficient (Wildman–Crippen LogP) is 5.46. The first kappa shape index (κ1) is 17.4. The fraction of sp³-hybridized carbons (Fsp3) is 0.176. The third kappa shape index (κ3) is 3.98. The summed E-state index contributed by atoms with van der Waals surface area (Å²) in [5.41, 5.74) is 1.41. The summed E-state index contributed by atoms with van der Waals surface area (Å²) in [5.74, 6) is -0.214. The number of benzene rings is 1. The number of hydrogen-bond acceptors (Lipinski definition) is 4. The van der Waals surface area contributed by atoms with Gasteiger partial charge in [-0.2, -0.15) is 0 Å². The van der Waals surface area contributed by atoms with E-state index >= 15 is 0 Å². The van der Waals surface area contributed by atoms with E-state index in [9.17, 15) is 4.79 Å². The zero-order valence-corrected chi connectivity index (χ0v) is 16.0. The number of carbonyl (C=O) groups is 1. The minimum atomic E-state index is -0.214. The number of nitrogens with one attached hydrogen (secondary N) is 1. The van der Waals surface area contributed by atoms with Crippen LogP contribution in [0.3, 0.4) is 0 Å². The van der Waals surface area contributed by atoms with Crippen LogP contribution in [0.25, 0.3) is 10.6 Å². The minimum absolute atomic E-state index is 0.214. The molecule has 124 valence electrons. The Labute approximate surface area is 158 Å². The molecule has 0 aliphatic heterocycles. The number of hydrogen-bond donors (Lipinski definition) is 1. The molecule has 7 heteroatoms. The summed E-state index contributed by atoms with van der Waals surface area (Å²) < 4.78 is 0. The molecule has 2 aromatic heterocycles. The highest BCUT2D eigenvalue weighted by molar-refractivity contribution is 7.16. The van der Waals surface area contributed by atoms with Crippen LogP contribution in [0.5, 0.6) is 0 Å². The molecule has 0 spiro atoms. The molecule has 0 saturated heterocycles. The van der Waals surface area contributed by atoms with E-state index in [0.717, 1.165) is 22.0 Å². The van der Waals surface area contributed by atoms with Crippen molar-refractivity contribution in [2.45, 2.75) is 13.3 Å². The number of amides is 1. The van der Waals surface area contributed by atoms with Gasteiger partial charge in [-0.3, -0.25) is 4.79 Å². The molecule has 0 radical (unpaired) electrons. The Bertz CT molecular complexity index is 873. The lowest BCUT2D eigenvalue weighted by Crippen LogP contribution is -2.25. The van der Waals surface area contributed by atoms with Crippen molar-refractivity contribution in [3.8, 4) is 10.6 Å². The maximum atomic E-state index is 12.2. The van der Waals surface area contributed by atoms with Crippen LogP contribution in [-0.4, -0.2) is 17.4 Å². The SMILES string of the molecule is Cc1nc(-c2ccc(CCNC(=O)c3cccc(Cl)c3Cl)s2)cs1. The average molecular weight is 397 g/mol. The lowest BCUT2D eigenvalue weighted by molar-refractivity contribution is 0.0954. The van der Waals surface area contributed by atoms with Gasteiger partial charge >= 0.3 is 0 Å². The summed E-state index contributed by atoms with van der Waals surface area (Å²) in [6.45, 7) is 2.54. The van der Waals surface area contributed by atoms with Crippen LogP contribution >= 0.6 is 45.9 Å². The van der Waals surface area contributed by atoms with Crippen molar-refractivity contribution in [3.63, 3.8) is 0 Å². The van der Waals surface area contributed by atoms with Crippen molar-refractivity contribution in [1.82, 2.24) is 10.3 Å². The second-order valence-electron chi connectivity index (χ2n) is 5.13. The number of thiophene rings is 1. The molecule has 3 nitrogen and oxygen atoms in total. The fourth-order valence-electron chi connectivity index (χ4n) is 2.20. The molecule has 1 N–H and O–H groups in total. The zero-order chi connectivity index (χ0) is 17.1. The van der Waals surface area contributed by atoms with E-state index in [4.69, 9.17) is 23.2 Å². The highest BCUT2D eigenvalue weighted by atomic mass is 35.5. The van der Waals surface area contributed by atoms with Crippen molar-refractivity contribution in [2.75, 3.05) is 6.54 Å². The van der Waals surface area contributed by atoms with Gasteiger partial charge in [0.25, 0.3) is 5.91 Å². The molecule has 3 rings (SSSR count). The third-order valence-electron chi connectivity index (χ3n) is 3.39. The molecule has 2 heterocycles. The smallest absolute Gasteiger partial charge is 0.252 e. The van der Waals surface area contributed by atoms with Gasteiger partial charge in [0.1, 0.15) is 0 Å². The number of rotatable bonds is 5. The van der Waals surface area contributed by atoms with Crippen molar-refractivity contribution in [3.05, 3.63) is 61.2 Å². The monoisotopic (exact) mass is 396 g/mol. The van der Waals surface area contributed by atoms with Crippen molar-refractivity contribution in [1.29, 1.82) is 0 Å². The maximum absolute atomic E-state index is 12.2. The van der Waals surface area contributed by atoms with E-state index in [0.29, 0.717) is 17.1 Å². The van der Waals surface area contributed by atoms with Crippen LogP contribution in [0.4, 0.5) is 0 Å². The lowest BCUT2D eigenvalue weighted by Gasteiger charge is -2.07. The van der Waals surface area contributed by atoms with Crippen LogP contribution in [-0.2, 0) is 6.42 Å². The number of halogens is 2. The second-order valence-corrected chi connectivity index (χ2v) is 8.14. The number of aromatic nitrogens is 1. The van der Waals surface area contributed by atoms with E-state index in [1.54, 1.807) is 40.9 Å². The van der Waals surface area contributed by atoms with Crippen LogP contribution in [0, 0.1) is 6.92 Å². The van der Waals surface area contributed by atoms with Gasteiger partial charge in [-0.1, -0.05) is 29.3 Å². The standard InChI is InChI=1S/C17H14Cl2N2OS2/c1-10-21-14(9-23-10)15-6-5-11(24-15)7-8-20-17(22)12-3-2-4-13(18)16(12)19/h2-6,9H,7-8H2,1H3,(H,20,22). The van der Waals surface area contributed by atoms with Crippen molar-refractivity contribution in [2.24, 2.45) is 0 Å². The molecular formula is C17H14Cl2N2OS2. The van der Waals surface area contributed by atoms with Crippen molar-refractivity contribution >= 4 is 51.8 Å². The van der Waals surface area contributed by atoms with E-state index in [-0.39, 0.29) is 10.9 Å². The number of thiazole rings is 1. The summed E-state index contributed by atoms with van der Waals surface area (Å²) in [4.78, 5) is 19.0. The Hall–Kier alpha value is -1.40. The molecule has 0 saturated carbocycles. The van der Waals surface area contributed by atoms with E-state index in [1.807, 2.05) is 6.92 Å². The highest BCUT2D eigenvalue weighted by Crippen LogP contribution is 2.29. The summed E-state index contributed by atoms with van der Waals surface area (Å²) in [5, 5.41) is 6.67. The van der Waals surface area contributed by atoms with Gasteiger partial charge in [-0.05, 0) is 37.6 Å². The van der Waals surface area contributed by atoms with Crippen LogP contribution in [0.2, 0.25) is 10.0 Å². The third-order valence-corrected chi connectivity index (χ3v) is 6.15. The van der Waals surface area contributed by atoms with Crippen LogP contribution in [0.1, 0.15) is 20.2 Å². The molecule has 0 bridgehead atoms. The first-order valence-corrected chi connectivity index (χ1v) is 9.73. The molecule has 0 aliphatic carbocycles. The van der Waals surface area contributed by atoms with Gasteiger partial charge in [-0.25, -0.2) is 4.98 Å². The minimum Gasteiger partial charge on any atom is -0.352 e. The first-order valence-electron chi connectivity index (χ1n) is 7.28. The topological polar surface area (TPSA) is 42.0 Å². The largest absolute Gasteiger partial charge is 0.352 e. The number of aryl methyl sites for hydroxylation is 1.